The molecule has 0 radical (unpaired) electrons. The molecule has 5 rings (SSSR count). The zero-order valence-electron chi connectivity index (χ0n) is 21.2. The second kappa shape index (κ2) is 10.0. The summed E-state index contributed by atoms with van der Waals surface area (Å²) in [7, 11) is 1.63. The van der Waals surface area contributed by atoms with Crippen LogP contribution >= 0.6 is 0 Å². The number of alkyl halides is 3. The van der Waals surface area contributed by atoms with Crippen molar-refractivity contribution in [3.05, 3.63) is 53.8 Å². The number of nitrogens with zero attached hydrogens (tertiary/aromatic N) is 8. The Bertz CT molecular complexity index is 1370. The molecule has 0 unspecified atom stereocenters. The van der Waals surface area contributed by atoms with Crippen molar-refractivity contribution in [3.8, 4) is 11.4 Å². The Morgan fingerprint density at radius 1 is 1.18 bits per heavy atom. The normalized spacial score (nSPS) is 17.8. The molecule has 13 heteroatoms. The largest absolute Gasteiger partial charge is 0.420 e. The van der Waals surface area contributed by atoms with Crippen molar-refractivity contribution in [1.82, 2.24) is 34.6 Å². The minimum absolute atomic E-state index is 0.0983. The number of halogens is 3. The van der Waals surface area contributed by atoms with Crippen molar-refractivity contribution < 1.29 is 18.0 Å². The molecule has 0 aliphatic carbocycles. The second-order valence-corrected chi connectivity index (χ2v) is 9.45. The molecule has 5 heterocycles. The maximum atomic E-state index is 13.6. The van der Waals surface area contributed by atoms with E-state index in [1.54, 1.807) is 18.1 Å². The SMILES string of the molecule is C=CC(=O)N1CCc2nc(C)nc(N3CC[C@@H](Nc4ncc(C(F)(F)F)c(-c5ccn(C)n5)n4)C3)c2CC1. The van der Waals surface area contributed by atoms with Crippen molar-refractivity contribution in [2.75, 3.05) is 36.4 Å². The molecule has 38 heavy (non-hydrogen) atoms. The van der Waals surface area contributed by atoms with E-state index in [9.17, 15) is 18.0 Å². The van der Waals surface area contributed by atoms with E-state index in [2.05, 4.69) is 36.8 Å². The van der Waals surface area contributed by atoms with Gasteiger partial charge in [0.25, 0.3) is 0 Å². The molecule has 200 valence electrons. The van der Waals surface area contributed by atoms with Gasteiger partial charge in [-0.15, -0.1) is 0 Å². The molecule has 0 spiro atoms. The lowest BCUT2D eigenvalue weighted by Gasteiger charge is -2.23. The molecule has 2 aliphatic heterocycles. The van der Waals surface area contributed by atoms with Gasteiger partial charge in [-0.2, -0.15) is 18.3 Å². The zero-order valence-corrected chi connectivity index (χ0v) is 21.2. The van der Waals surface area contributed by atoms with E-state index in [0.717, 1.165) is 29.7 Å². The Labute approximate surface area is 217 Å². The quantitative estimate of drug-likeness (QED) is 0.505. The standard InChI is InChI=1S/C25H28F3N9O/c1-4-21(38)36-11-6-17-19(8-12-36)30-15(2)31-23(17)37-10-5-16(14-37)32-24-29-13-18(25(26,27)28)22(33-24)20-7-9-35(3)34-20/h4,7,9,13,16H,1,5-6,8,10-12,14H2,2-3H3,(H,29,32,33)/t16-/m1/s1. The molecule has 2 aliphatic rings. The fourth-order valence-electron chi connectivity index (χ4n) is 4.96. The van der Waals surface area contributed by atoms with Crippen LogP contribution in [0.25, 0.3) is 11.4 Å². The molecule has 1 atom stereocenters. The number of fused-ring (bicyclic) bond motifs is 1. The third-order valence-corrected chi connectivity index (χ3v) is 6.79. The first kappa shape index (κ1) is 25.6. The maximum absolute atomic E-state index is 13.6. The molecule has 1 fully saturated rings. The van der Waals surface area contributed by atoms with Crippen molar-refractivity contribution >= 4 is 17.7 Å². The van der Waals surface area contributed by atoms with Gasteiger partial charge < -0.3 is 15.1 Å². The summed E-state index contributed by atoms with van der Waals surface area (Å²) in [5, 5.41) is 7.30. The van der Waals surface area contributed by atoms with E-state index in [1.165, 1.54) is 16.8 Å². The molecule has 3 aromatic heterocycles. The number of nitrogens with one attached hydrogen (secondary N) is 1. The highest BCUT2D eigenvalue weighted by Crippen LogP contribution is 2.36. The van der Waals surface area contributed by atoms with Gasteiger partial charge in [-0.05, 0) is 31.9 Å². The average molecular weight is 528 g/mol. The molecule has 0 aromatic carbocycles. The van der Waals surface area contributed by atoms with Crippen molar-refractivity contribution in [2.45, 2.75) is 38.4 Å². The molecule has 3 aromatic rings. The summed E-state index contributed by atoms with van der Waals surface area (Å²) in [6, 6.07) is 1.39. The summed E-state index contributed by atoms with van der Waals surface area (Å²) in [6.45, 7) is 7.84. The highest BCUT2D eigenvalue weighted by atomic mass is 19.4. The monoisotopic (exact) mass is 527 g/mol. The van der Waals surface area contributed by atoms with E-state index in [0.29, 0.717) is 44.8 Å². The molecular weight excluding hydrogens is 499 g/mol. The average Bonchev–Trinajstić information content (AvgIpc) is 3.46. The summed E-state index contributed by atoms with van der Waals surface area (Å²) >= 11 is 0. The van der Waals surface area contributed by atoms with Gasteiger partial charge in [-0.25, -0.2) is 19.9 Å². The number of carbonyl (C=O) groups is 1. The molecule has 0 saturated carbocycles. The number of aromatic nitrogens is 6. The highest BCUT2D eigenvalue weighted by molar-refractivity contribution is 5.87. The molecule has 1 N–H and O–H groups in total. The number of hydrogen-bond donors (Lipinski definition) is 1. The summed E-state index contributed by atoms with van der Waals surface area (Å²) < 4.78 is 42.3. The van der Waals surface area contributed by atoms with Gasteiger partial charge in [0.1, 0.15) is 28.6 Å². The second-order valence-electron chi connectivity index (χ2n) is 9.45. The fraction of sp³-hybridized carbons (Fsp3) is 0.440. The Morgan fingerprint density at radius 3 is 2.68 bits per heavy atom. The number of amides is 1. The fourth-order valence-corrected chi connectivity index (χ4v) is 4.96. The van der Waals surface area contributed by atoms with E-state index in [1.807, 2.05) is 6.92 Å². The highest BCUT2D eigenvalue weighted by Gasteiger charge is 2.36. The van der Waals surface area contributed by atoms with Crippen LogP contribution in [0.5, 0.6) is 0 Å². The number of carbonyl (C=O) groups excluding carboxylic acids is 1. The van der Waals surface area contributed by atoms with Crippen LogP contribution in [0.15, 0.2) is 31.1 Å². The lowest BCUT2D eigenvalue weighted by molar-refractivity contribution is -0.137. The first-order chi connectivity index (χ1) is 18.1. The van der Waals surface area contributed by atoms with Crippen molar-refractivity contribution in [2.24, 2.45) is 7.05 Å². The number of anilines is 2. The predicted octanol–water partition coefficient (Wildman–Crippen LogP) is 2.80. The van der Waals surface area contributed by atoms with Crippen molar-refractivity contribution in [3.63, 3.8) is 0 Å². The third-order valence-electron chi connectivity index (χ3n) is 6.79. The minimum atomic E-state index is -4.61. The van der Waals surface area contributed by atoms with Gasteiger partial charge in [0.05, 0.1) is 5.69 Å². The molecule has 1 saturated heterocycles. The maximum Gasteiger partial charge on any atom is 0.420 e. The zero-order chi connectivity index (χ0) is 27.0. The van der Waals surface area contributed by atoms with Gasteiger partial charge in [0.2, 0.25) is 11.9 Å². The number of hydrogen-bond acceptors (Lipinski definition) is 8. The van der Waals surface area contributed by atoms with E-state index in [4.69, 9.17) is 4.98 Å². The lowest BCUT2D eigenvalue weighted by Crippen LogP contribution is -2.31. The summed E-state index contributed by atoms with van der Waals surface area (Å²) in [5.41, 5.74) is 0.897. The van der Waals surface area contributed by atoms with Crippen LogP contribution in [0, 0.1) is 6.92 Å². The van der Waals surface area contributed by atoms with Crippen molar-refractivity contribution in [1.29, 1.82) is 0 Å². The molecule has 10 nitrogen and oxygen atoms in total. The van der Waals surface area contributed by atoms with Crippen LogP contribution in [0.2, 0.25) is 0 Å². The van der Waals surface area contributed by atoms with Crippen LogP contribution in [0.3, 0.4) is 0 Å². The van der Waals surface area contributed by atoms with Gasteiger partial charge in [0.15, 0.2) is 0 Å². The third kappa shape index (κ3) is 5.18. The van der Waals surface area contributed by atoms with Crippen LogP contribution in [0.1, 0.15) is 29.1 Å². The first-order valence-corrected chi connectivity index (χ1v) is 12.4. The van der Waals surface area contributed by atoms with Gasteiger partial charge in [-0.1, -0.05) is 6.58 Å². The van der Waals surface area contributed by atoms with Crippen LogP contribution in [-0.4, -0.2) is 72.7 Å². The Morgan fingerprint density at radius 2 is 1.97 bits per heavy atom. The van der Waals surface area contributed by atoms with Crippen LogP contribution < -0.4 is 10.2 Å². The first-order valence-electron chi connectivity index (χ1n) is 12.4. The van der Waals surface area contributed by atoms with Crippen LogP contribution in [-0.2, 0) is 30.9 Å². The Hall–Kier alpha value is -4.03. The van der Waals surface area contributed by atoms with E-state index in [-0.39, 0.29) is 29.3 Å². The smallest absolute Gasteiger partial charge is 0.354 e. The van der Waals surface area contributed by atoms with Crippen LogP contribution in [0.4, 0.5) is 24.9 Å². The van der Waals surface area contributed by atoms with Gasteiger partial charge >= 0.3 is 6.18 Å². The number of aryl methyl sites for hydroxylation is 2. The van der Waals surface area contributed by atoms with Gasteiger partial charge in [0, 0.05) is 63.6 Å². The summed E-state index contributed by atoms with van der Waals surface area (Å²) in [5.74, 6) is 1.51. The Kier molecular flexibility index (Phi) is 6.76. The number of rotatable bonds is 5. The van der Waals surface area contributed by atoms with E-state index < -0.39 is 11.7 Å². The lowest BCUT2D eigenvalue weighted by atomic mass is 10.1. The summed E-state index contributed by atoms with van der Waals surface area (Å²) in [4.78, 5) is 33.6. The minimum Gasteiger partial charge on any atom is -0.354 e. The van der Waals surface area contributed by atoms with Gasteiger partial charge in [-0.3, -0.25) is 9.48 Å². The van der Waals surface area contributed by atoms with E-state index >= 15 is 0 Å². The summed E-state index contributed by atoms with van der Waals surface area (Å²) in [6.07, 6.45) is 1.08. The molecule has 0 bridgehead atoms. The topological polar surface area (TPSA) is 105 Å². The molecular formula is C25H28F3N9O. The predicted molar refractivity (Wildman–Crippen MR) is 134 cm³/mol. The molecule has 1 amide bonds. The Balaban J connectivity index is 1.35.